The van der Waals surface area contributed by atoms with E-state index in [9.17, 15) is 4.79 Å². The SMILES string of the molecule is Cc1ccc(CC(=O)N2CCN(CC#N)CC2)cc1. The van der Waals surface area contributed by atoms with E-state index in [2.05, 4.69) is 11.0 Å². The first-order valence-electron chi connectivity index (χ1n) is 6.61. The number of hydrogen-bond donors (Lipinski definition) is 0. The first-order valence-corrected chi connectivity index (χ1v) is 6.61. The number of nitrogens with zero attached hydrogens (tertiary/aromatic N) is 3. The minimum atomic E-state index is 0.181. The van der Waals surface area contributed by atoms with E-state index in [0.717, 1.165) is 31.7 Å². The Labute approximate surface area is 114 Å². The molecule has 0 aromatic heterocycles. The van der Waals surface area contributed by atoms with Crippen molar-refractivity contribution >= 4 is 5.91 Å². The Balaban J connectivity index is 1.85. The van der Waals surface area contributed by atoms with E-state index in [0.29, 0.717) is 13.0 Å². The molecule has 1 aromatic carbocycles. The number of amides is 1. The number of nitriles is 1. The summed E-state index contributed by atoms with van der Waals surface area (Å²) in [4.78, 5) is 16.1. The molecule has 0 bridgehead atoms. The highest BCUT2D eigenvalue weighted by Gasteiger charge is 2.20. The fraction of sp³-hybridized carbons (Fsp3) is 0.467. The molecule has 2 rings (SSSR count). The van der Waals surface area contributed by atoms with Crippen molar-refractivity contribution in [1.82, 2.24) is 9.80 Å². The lowest BCUT2D eigenvalue weighted by Crippen LogP contribution is -2.49. The summed E-state index contributed by atoms with van der Waals surface area (Å²) in [7, 11) is 0. The first-order chi connectivity index (χ1) is 9.19. The Kier molecular flexibility index (Phi) is 4.53. The van der Waals surface area contributed by atoms with E-state index >= 15 is 0 Å². The number of carbonyl (C=O) groups is 1. The van der Waals surface area contributed by atoms with Gasteiger partial charge < -0.3 is 4.90 Å². The fourth-order valence-corrected chi connectivity index (χ4v) is 2.25. The van der Waals surface area contributed by atoms with Gasteiger partial charge in [-0.3, -0.25) is 9.69 Å². The van der Waals surface area contributed by atoms with Gasteiger partial charge in [0.25, 0.3) is 0 Å². The average Bonchev–Trinajstić information content (AvgIpc) is 2.42. The van der Waals surface area contributed by atoms with Crippen molar-refractivity contribution in [3.05, 3.63) is 35.4 Å². The summed E-state index contributed by atoms with van der Waals surface area (Å²) in [5.74, 6) is 0.181. The number of benzene rings is 1. The Hall–Kier alpha value is -1.86. The van der Waals surface area contributed by atoms with Crippen LogP contribution in [0.25, 0.3) is 0 Å². The lowest BCUT2D eigenvalue weighted by Gasteiger charge is -2.33. The van der Waals surface area contributed by atoms with Crippen LogP contribution in [-0.4, -0.2) is 48.4 Å². The van der Waals surface area contributed by atoms with Gasteiger partial charge in [-0.25, -0.2) is 0 Å². The number of hydrogen-bond acceptors (Lipinski definition) is 3. The number of aryl methyl sites for hydroxylation is 1. The van der Waals surface area contributed by atoms with Crippen LogP contribution >= 0.6 is 0 Å². The van der Waals surface area contributed by atoms with Crippen LogP contribution in [-0.2, 0) is 11.2 Å². The quantitative estimate of drug-likeness (QED) is 0.765. The number of piperazine rings is 1. The summed E-state index contributed by atoms with van der Waals surface area (Å²) in [5.41, 5.74) is 2.27. The molecule has 100 valence electrons. The largest absolute Gasteiger partial charge is 0.340 e. The van der Waals surface area contributed by atoms with Gasteiger partial charge in [-0.2, -0.15) is 5.26 Å². The van der Waals surface area contributed by atoms with Gasteiger partial charge >= 0.3 is 0 Å². The van der Waals surface area contributed by atoms with Gasteiger partial charge in [0.05, 0.1) is 19.0 Å². The van der Waals surface area contributed by atoms with Crippen molar-refractivity contribution in [1.29, 1.82) is 5.26 Å². The number of carbonyl (C=O) groups excluding carboxylic acids is 1. The molecule has 0 spiro atoms. The molecule has 1 amide bonds. The molecule has 4 heteroatoms. The van der Waals surface area contributed by atoms with Crippen LogP contribution in [0, 0.1) is 18.3 Å². The molecule has 4 nitrogen and oxygen atoms in total. The van der Waals surface area contributed by atoms with E-state index in [1.807, 2.05) is 36.1 Å². The standard InChI is InChI=1S/C15H19N3O/c1-13-2-4-14(5-3-13)12-15(19)18-10-8-17(7-6-16)9-11-18/h2-5H,7-12H2,1H3. The molecule has 1 saturated heterocycles. The molecule has 0 unspecified atom stereocenters. The highest BCUT2D eigenvalue weighted by atomic mass is 16.2. The summed E-state index contributed by atoms with van der Waals surface area (Å²) in [6, 6.07) is 10.2. The molecule has 19 heavy (non-hydrogen) atoms. The molecule has 0 aliphatic carbocycles. The van der Waals surface area contributed by atoms with Crippen LogP contribution in [0.1, 0.15) is 11.1 Å². The lowest BCUT2D eigenvalue weighted by atomic mass is 10.1. The van der Waals surface area contributed by atoms with Crippen molar-refractivity contribution in [3.8, 4) is 6.07 Å². The molecule has 0 atom stereocenters. The van der Waals surface area contributed by atoms with Crippen molar-refractivity contribution in [2.75, 3.05) is 32.7 Å². The Morgan fingerprint density at radius 2 is 1.84 bits per heavy atom. The minimum Gasteiger partial charge on any atom is -0.340 e. The molecular formula is C15H19N3O. The molecule has 1 fully saturated rings. The van der Waals surface area contributed by atoms with E-state index < -0.39 is 0 Å². The zero-order valence-corrected chi connectivity index (χ0v) is 11.3. The average molecular weight is 257 g/mol. The molecule has 1 aromatic rings. The molecule has 1 aliphatic heterocycles. The summed E-state index contributed by atoms with van der Waals surface area (Å²) >= 11 is 0. The molecule has 1 heterocycles. The highest BCUT2D eigenvalue weighted by molar-refractivity contribution is 5.78. The Bertz CT molecular complexity index is 467. The maximum absolute atomic E-state index is 12.2. The first kappa shape index (κ1) is 13.6. The summed E-state index contributed by atoms with van der Waals surface area (Å²) in [6.07, 6.45) is 0.471. The second kappa shape index (κ2) is 6.35. The molecule has 1 aliphatic rings. The van der Waals surface area contributed by atoms with E-state index in [4.69, 9.17) is 5.26 Å². The second-order valence-corrected chi connectivity index (χ2v) is 4.98. The van der Waals surface area contributed by atoms with E-state index in [-0.39, 0.29) is 5.91 Å². The molecule has 0 saturated carbocycles. The van der Waals surface area contributed by atoms with Gasteiger partial charge in [0, 0.05) is 26.2 Å². The van der Waals surface area contributed by atoms with Gasteiger partial charge in [-0.15, -0.1) is 0 Å². The van der Waals surface area contributed by atoms with Crippen LogP contribution in [0.5, 0.6) is 0 Å². The third kappa shape index (κ3) is 3.80. The maximum Gasteiger partial charge on any atom is 0.227 e. The van der Waals surface area contributed by atoms with E-state index in [1.54, 1.807) is 0 Å². The Morgan fingerprint density at radius 1 is 1.21 bits per heavy atom. The lowest BCUT2D eigenvalue weighted by molar-refractivity contribution is -0.132. The maximum atomic E-state index is 12.2. The zero-order chi connectivity index (χ0) is 13.7. The van der Waals surface area contributed by atoms with Crippen LogP contribution < -0.4 is 0 Å². The highest BCUT2D eigenvalue weighted by Crippen LogP contribution is 2.08. The second-order valence-electron chi connectivity index (χ2n) is 4.98. The van der Waals surface area contributed by atoms with Crippen molar-refractivity contribution < 1.29 is 4.79 Å². The van der Waals surface area contributed by atoms with Crippen LogP contribution in [0.4, 0.5) is 0 Å². The van der Waals surface area contributed by atoms with Crippen LogP contribution in [0.3, 0.4) is 0 Å². The van der Waals surface area contributed by atoms with Gasteiger partial charge in [0.2, 0.25) is 5.91 Å². The predicted octanol–water partition coefficient (Wildman–Crippen LogP) is 1.21. The van der Waals surface area contributed by atoms with Gasteiger partial charge in [-0.05, 0) is 12.5 Å². The van der Waals surface area contributed by atoms with Gasteiger partial charge in [0.1, 0.15) is 0 Å². The monoisotopic (exact) mass is 257 g/mol. The molecule has 0 N–H and O–H groups in total. The van der Waals surface area contributed by atoms with Crippen molar-refractivity contribution in [3.63, 3.8) is 0 Å². The molecular weight excluding hydrogens is 238 g/mol. The smallest absolute Gasteiger partial charge is 0.227 e. The van der Waals surface area contributed by atoms with Crippen molar-refractivity contribution in [2.24, 2.45) is 0 Å². The third-order valence-corrected chi connectivity index (χ3v) is 3.50. The fourth-order valence-electron chi connectivity index (χ4n) is 2.25. The van der Waals surface area contributed by atoms with Crippen molar-refractivity contribution in [2.45, 2.75) is 13.3 Å². The third-order valence-electron chi connectivity index (χ3n) is 3.50. The van der Waals surface area contributed by atoms with Gasteiger partial charge in [-0.1, -0.05) is 29.8 Å². The van der Waals surface area contributed by atoms with Crippen LogP contribution in [0.2, 0.25) is 0 Å². The zero-order valence-electron chi connectivity index (χ0n) is 11.3. The topological polar surface area (TPSA) is 47.3 Å². The predicted molar refractivity (Wildman–Crippen MR) is 73.5 cm³/mol. The minimum absolute atomic E-state index is 0.181. The number of rotatable bonds is 3. The van der Waals surface area contributed by atoms with Gasteiger partial charge in [0.15, 0.2) is 0 Å². The summed E-state index contributed by atoms with van der Waals surface area (Å²) in [6.45, 7) is 5.55. The summed E-state index contributed by atoms with van der Waals surface area (Å²) < 4.78 is 0. The normalized spacial score (nSPS) is 16.1. The Morgan fingerprint density at radius 3 is 2.42 bits per heavy atom. The van der Waals surface area contributed by atoms with Crippen LogP contribution in [0.15, 0.2) is 24.3 Å². The summed E-state index contributed by atoms with van der Waals surface area (Å²) in [5, 5.41) is 8.64. The molecule has 0 radical (unpaired) electrons. The van der Waals surface area contributed by atoms with E-state index in [1.165, 1.54) is 5.56 Å².